The van der Waals surface area contributed by atoms with Gasteiger partial charge in [-0.25, -0.2) is 0 Å². The van der Waals surface area contributed by atoms with E-state index in [1.165, 1.54) is 45.3 Å². The molecule has 0 aromatic rings. The summed E-state index contributed by atoms with van der Waals surface area (Å²) in [5, 5.41) is 3.57. The van der Waals surface area contributed by atoms with Gasteiger partial charge in [-0.15, -0.1) is 0 Å². The highest BCUT2D eigenvalue weighted by Gasteiger charge is 2.30. The highest BCUT2D eigenvalue weighted by atomic mass is 15.2. The van der Waals surface area contributed by atoms with Crippen LogP contribution in [-0.2, 0) is 0 Å². The second kappa shape index (κ2) is 4.63. The molecule has 0 amide bonds. The first-order valence-corrected chi connectivity index (χ1v) is 6.23. The fourth-order valence-corrected chi connectivity index (χ4v) is 2.37. The zero-order chi connectivity index (χ0) is 9.97. The zero-order valence-corrected chi connectivity index (χ0v) is 9.63. The molecule has 1 saturated carbocycles. The van der Waals surface area contributed by atoms with Crippen LogP contribution < -0.4 is 5.32 Å². The van der Waals surface area contributed by atoms with Gasteiger partial charge < -0.3 is 5.32 Å². The van der Waals surface area contributed by atoms with Crippen molar-refractivity contribution in [3.8, 4) is 0 Å². The van der Waals surface area contributed by atoms with Gasteiger partial charge in [-0.05, 0) is 38.1 Å². The molecule has 1 aliphatic carbocycles. The molecule has 0 aromatic heterocycles. The Morgan fingerprint density at radius 2 is 2.07 bits per heavy atom. The molecule has 1 aliphatic heterocycles. The monoisotopic (exact) mass is 196 g/mol. The van der Waals surface area contributed by atoms with Crippen LogP contribution in [0.1, 0.15) is 39.5 Å². The summed E-state index contributed by atoms with van der Waals surface area (Å²) < 4.78 is 0. The minimum absolute atomic E-state index is 0.637. The highest BCUT2D eigenvalue weighted by Crippen LogP contribution is 2.32. The van der Waals surface area contributed by atoms with Crippen molar-refractivity contribution in [3.63, 3.8) is 0 Å². The van der Waals surface area contributed by atoms with Crippen molar-refractivity contribution in [1.82, 2.24) is 10.2 Å². The molecule has 0 aromatic carbocycles. The fraction of sp³-hybridized carbons (Fsp3) is 1.00. The van der Waals surface area contributed by atoms with E-state index in [0.717, 1.165) is 12.0 Å². The topological polar surface area (TPSA) is 15.3 Å². The molecule has 82 valence electrons. The number of hydrogen-bond donors (Lipinski definition) is 1. The normalized spacial score (nSPS) is 28.9. The van der Waals surface area contributed by atoms with Crippen LogP contribution in [0.15, 0.2) is 0 Å². The van der Waals surface area contributed by atoms with Crippen molar-refractivity contribution >= 4 is 0 Å². The minimum atomic E-state index is 0.637. The Morgan fingerprint density at radius 3 is 2.71 bits per heavy atom. The summed E-state index contributed by atoms with van der Waals surface area (Å²) in [6.07, 6.45) is 5.80. The Balaban J connectivity index is 1.71. The van der Waals surface area contributed by atoms with Gasteiger partial charge in [0.2, 0.25) is 0 Å². The van der Waals surface area contributed by atoms with Gasteiger partial charge in [0.05, 0.1) is 0 Å². The standard InChI is InChI=1S/C12H24N2/c1-10(2)13-8-12-4-3-7-14(12)9-11-5-6-11/h10-13H,3-9H2,1-2H3. The summed E-state index contributed by atoms with van der Waals surface area (Å²) in [7, 11) is 0. The van der Waals surface area contributed by atoms with Gasteiger partial charge in [-0.1, -0.05) is 13.8 Å². The molecule has 1 saturated heterocycles. The summed E-state index contributed by atoms with van der Waals surface area (Å²) in [5.41, 5.74) is 0. The van der Waals surface area contributed by atoms with Gasteiger partial charge in [0, 0.05) is 25.2 Å². The van der Waals surface area contributed by atoms with E-state index in [0.29, 0.717) is 6.04 Å². The predicted molar refractivity (Wildman–Crippen MR) is 60.5 cm³/mol. The van der Waals surface area contributed by atoms with E-state index in [9.17, 15) is 0 Å². The van der Waals surface area contributed by atoms with E-state index in [4.69, 9.17) is 0 Å². The maximum absolute atomic E-state index is 3.57. The molecule has 2 aliphatic rings. The first kappa shape index (κ1) is 10.4. The Hall–Kier alpha value is -0.0800. The number of likely N-dealkylation sites (tertiary alicyclic amines) is 1. The Bertz CT molecular complexity index is 175. The maximum atomic E-state index is 3.57. The SMILES string of the molecule is CC(C)NCC1CCCN1CC1CC1. The van der Waals surface area contributed by atoms with E-state index in [1.54, 1.807) is 0 Å². The van der Waals surface area contributed by atoms with E-state index in [-0.39, 0.29) is 0 Å². The average molecular weight is 196 g/mol. The number of nitrogens with one attached hydrogen (secondary N) is 1. The number of hydrogen-bond acceptors (Lipinski definition) is 2. The van der Waals surface area contributed by atoms with Crippen LogP contribution in [0.3, 0.4) is 0 Å². The summed E-state index contributed by atoms with van der Waals surface area (Å²) >= 11 is 0. The smallest absolute Gasteiger partial charge is 0.0221 e. The molecule has 1 atom stereocenters. The van der Waals surface area contributed by atoms with Crippen molar-refractivity contribution in [2.75, 3.05) is 19.6 Å². The molecule has 1 heterocycles. The molecule has 2 nitrogen and oxygen atoms in total. The third kappa shape index (κ3) is 2.96. The molecule has 2 rings (SSSR count). The van der Waals surface area contributed by atoms with E-state index in [2.05, 4.69) is 24.1 Å². The van der Waals surface area contributed by atoms with Crippen LogP contribution in [0.4, 0.5) is 0 Å². The van der Waals surface area contributed by atoms with Crippen LogP contribution in [-0.4, -0.2) is 36.6 Å². The number of nitrogens with zero attached hydrogens (tertiary/aromatic N) is 1. The maximum Gasteiger partial charge on any atom is 0.0221 e. The lowest BCUT2D eigenvalue weighted by Crippen LogP contribution is -2.41. The molecule has 1 unspecified atom stereocenters. The van der Waals surface area contributed by atoms with Gasteiger partial charge >= 0.3 is 0 Å². The van der Waals surface area contributed by atoms with Gasteiger partial charge in [0.25, 0.3) is 0 Å². The molecular weight excluding hydrogens is 172 g/mol. The summed E-state index contributed by atoms with van der Waals surface area (Å²) in [5.74, 6) is 1.05. The lowest BCUT2D eigenvalue weighted by Gasteiger charge is -2.25. The van der Waals surface area contributed by atoms with Crippen molar-refractivity contribution in [1.29, 1.82) is 0 Å². The van der Waals surface area contributed by atoms with E-state index < -0.39 is 0 Å². The first-order valence-electron chi connectivity index (χ1n) is 6.23. The molecule has 14 heavy (non-hydrogen) atoms. The van der Waals surface area contributed by atoms with Gasteiger partial charge in [0.1, 0.15) is 0 Å². The van der Waals surface area contributed by atoms with Crippen LogP contribution in [0.5, 0.6) is 0 Å². The summed E-state index contributed by atoms with van der Waals surface area (Å²) in [6, 6.07) is 1.47. The first-order chi connectivity index (χ1) is 6.75. The van der Waals surface area contributed by atoms with Crippen molar-refractivity contribution < 1.29 is 0 Å². The third-order valence-corrected chi connectivity index (χ3v) is 3.45. The highest BCUT2D eigenvalue weighted by molar-refractivity contribution is 4.86. The molecule has 0 radical (unpaired) electrons. The van der Waals surface area contributed by atoms with Gasteiger partial charge in [-0.2, -0.15) is 0 Å². The molecule has 2 heteroatoms. The Kier molecular flexibility index (Phi) is 3.45. The van der Waals surface area contributed by atoms with Crippen LogP contribution in [0.2, 0.25) is 0 Å². The average Bonchev–Trinajstić information content (AvgIpc) is 2.81. The molecule has 0 bridgehead atoms. The van der Waals surface area contributed by atoms with E-state index in [1.807, 2.05) is 0 Å². The Labute approximate surface area is 88.1 Å². The molecule has 1 N–H and O–H groups in total. The second-order valence-electron chi connectivity index (χ2n) is 5.30. The lowest BCUT2D eigenvalue weighted by molar-refractivity contribution is 0.235. The summed E-state index contributed by atoms with van der Waals surface area (Å²) in [4.78, 5) is 2.72. The van der Waals surface area contributed by atoms with E-state index >= 15 is 0 Å². The van der Waals surface area contributed by atoms with Crippen molar-refractivity contribution in [3.05, 3.63) is 0 Å². The van der Waals surface area contributed by atoms with Crippen LogP contribution >= 0.6 is 0 Å². The summed E-state index contributed by atoms with van der Waals surface area (Å²) in [6.45, 7) is 8.40. The molecule has 0 spiro atoms. The predicted octanol–water partition coefficient (Wildman–Crippen LogP) is 1.86. The number of rotatable bonds is 5. The van der Waals surface area contributed by atoms with Crippen molar-refractivity contribution in [2.45, 2.75) is 51.6 Å². The zero-order valence-electron chi connectivity index (χ0n) is 9.63. The van der Waals surface area contributed by atoms with Gasteiger partial charge in [-0.3, -0.25) is 4.90 Å². The second-order valence-corrected chi connectivity index (χ2v) is 5.30. The molecular formula is C12H24N2. The largest absolute Gasteiger partial charge is 0.313 e. The molecule has 2 fully saturated rings. The van der Waals surface area contributed by atoms with Gasteiger partial charge in [0.15, 0.2) is 0 Å². The fourth-order valence-electron chi connectivity index (χ4n) is 2.37. The van der Waals surface area contributed by atoms with Crippen LogP contribution in [0.25, 0.3) is 0 Å². The quantitative estimate of drug-likeness (QED) is 0.722. The van der Waals surface area contributed by atoms with Crippen molar-refractivity contribution in [2.24, 2.45) is 5.92 Å². The van der Waals surface area contributed by atoms with Crippen LogP contribution in [0, 0.1) is 5.92 Å². The minimum Gasteiger partial charge on any atom is -0.313 e. The third-order valence-electron chi connectivity index (χ3n) is 3.45. The Morgan fingerprint density at radius 1 is 1.29 bits per heavy atom. The lowest BCUT2D eigenvalue weighted by atomic mass is 10.2.